The molecule has 0 amide bonds. The van der Waals surface area contributed by atoms with E-state index in [1.807, 2.05) is 13.8 Å². The standard InChI is InChI=1S/C12H23NO3/c1-10(2)16-12(15)9-13-6-3-4-11(8-13)5-7-14/h10-11,14H,3-9H2,1-2H3. The molecule has 0 aromatic carbocycles. The van der Waals surface area contributed by atoms with E-state index in [0.717, 1.165) is 32.4 Å². The van der Waals surface area contributed by atoms with Crippen LogP contribution < -0.4 is 0 Å². The van der Waals surface area contributed by atoms with E-state index < -0.39 is 0 Å². The molecule has 1 aliphatic rings. The number of ether oxygens (including phenoxy) is 1. The van der Waals surface area contributed by atoms with Gasteiger partial charge < -0.3 is 9.84 Å². The number of aliphatic hydroxyl groups excluding tert-OH is 1. The molecule has 0 aromatic rings. The van der Waals surface area contributed by atoms with E-state index in [2.05, 4.69) is 4.90 Å². The maximum absolute atomic E-state index is 11.5. The number of aliphatic hydroxyl groups is 1. The maximum atomic E-state index is 11.5. The molecule has 0 bridgehead atoms. The molecule has 1 fully saturated rings. The van der Waals surface area contributed by atoms with Crippen LogP contribution in [0.4, 0.5) is 0 Å². The largest absolute Gasteiger partial charge is 0.462 e. The highest BCUT2D eigenvalue weighted by Gasteiger charge is 2.21. The van der Waals surface area contributed by atoms with Crippen LogP contribution in [0.15, 0.2) is 0 Å². The molecule has 0 spiro atoms. The molecular weight excluding hydrogens is 206 g/mol. The predicted molar refractivity (Wildman–Crippen MR) is 62.1 cm³/mol. The van der Waals surface area contributed by atoms with Gasteiger partial charge >= 0.3 is 5.97 Å². The van der Waals surface area contributed by atoms with Crippen LogP contribution in [0.25, 0.3) is 0 Å². The second-order valence-corrected chi connectivity index (χ2v) is 4.79. The molecule has 1 unspecified atom stereocenters. The van der Waals surface area contributed by atoms with Crippen molar-refractivity contribution in [2.24, 2.45) is 5.92 Å². The number of hydrogen-bond donors (Lipinski definition) is 1. The zero-order valence-corrected chi connectivity index (χ0v) is 10.3. The molecule has 1 aliphatic heterocycles. The Labute approximate surface area is 97.6 Å². The van der Waals surface area contributed by atoms with Crippen LogP contribution in [0.2, 0.25) is 0 Å². The molecule has 94 valence electrons. The number of likely N-dealkylation sites (tertiary alicyclic amines) is 1. The molecule has 4 heteroatoms. The summed E-state index contributed by atoms with van der Waals surface area (Å²) in [6.07, 6.45) is 3.08. The zero-order valence-electron chi connectivity index (χ0n) is 10.3. The lowest BCUT2D eigenvalue weighted by Crippen LogP contribution is -2.40. The van der Waals surface area contributed by atoms with Crippen molar-refractivity contribution in [2.75, 3.05) is 26.2 Å². The molecule has 1 saturated heterocycles. The number of hydrogen-bond acceptors (Lipinski definition) is 4. The van der Waals surface area contributed by atoms with E-state index in [1.165, 1.54) is 0 Å². The van der Waals surface area contributed by atoms with Gasteiger partial charge in [-0.05, 0) is 45.6 Å². The van der Waals surface area contributed by atoms with Crippen molar-refractivity contribution in [1.82, 2.24) is 4.90 Å². The number of rotatable bonds is 5. The van der Waals surface area contributed by atoms with Crippen molar-refractivity contribution in [1.29, 1.82) is 0 Å². The molecule has 1 rings (SSSR count). The first-order chi connectivity index (χ1) is 7.61. The van der Waals surface area contributed by atoms with Gasteiger partial charge in [0.1, 0.15) is 0 Å². The molecule has 0 aromatic heterocycles. The molecule has 4 nitrogen and oxygen atoms in total. The molecule has 0 radical (unpaired) electrons. The van der Waals surface area contributed by atoms with Crippen LogP contribution in [0.3, 0.4) is 0 Å². The monoisotopic (exact) mass is 229 g/mol. The van der Waals surface area contributed by atoms with Crippen molar-refractivity contribution >= 4 is 5.97 Å². The number of carbonyl (C=O) groups is 1. The summed E-state index contributed by atoms with van der Waals surface area (Å²) in [6.45, 7) is 6.24. The Hall–Kier alpha value is -0.610. The average Bonchev–Trinajstić information content (AvgIpc) is 2.17. The van der Waals surface area contributed by atoms with Gasteiger partial charge in [-0.1, -0.05) is 0 Å². The van der Waals surface area contributed by atoms with E-state index in [9.17, 15) is 4.79 Å². The average molecular weight is 229 g/mol. The highest BCUT2D eigenvalue weighted by atomic mass is 16.5. The summed E-state index contributed by atoms with van der Waals surface area (Å²) < 4.78 is 5.12. The topological polar surface area (TPSA) is 49.8 Å². The van der Waals surface area contributed by atoms with Crippen molar-refractivity contribution < 1.29 is 14.6 Å². The maximum Gasteiger partial charge on any atom is 0.320 e. The summed E-state index contributed by atoms with van der Waals surface area (Å²) in [6, 6.07) is 0. The minimum Gasteiger partial charge on any atom is -0.462 e. The summed E-state index contributed by atoms with van der Waals surface area (Å²) in [5.41, 5.74) is 0. The van der Waals surface area contributed by atoms with Crippen molar-refractivity contribution in [2.45, 2.75) is 39.2 Å². The van der Waals surface area contributed by atoms with Gasteiger partial charge in [0.2, 0.25) is 0 Å². The second kappa shape index (κ2) is 6.86. The fourth-order valence-electron chi connectivity index (χ4n) is 2.20. The van der Waals surface area contributed by atoms with E-state index in [4.69, 9.17) is 9.84 Å². The van der Waals surface area contributed by atoms with E-state index in [1.54, 1.807) is 0 Å². The second-order valence-electron chi connectivity index (χ2n) is 4.79. The summed E-state index contributed by atoms with van der Waals surface area (Å²) >= 11 is 0. The zero-order chi connectivity index (χ0) is 12.0. The van der Waals surface area contributed by atoms with Crippen molar-refractivity contribution in [3.8, 4) is 0 Å². The minimum atomic E-state index is -0.139. The Balaban J connectivity index is 2.28. The first-order valence-corrected chi connectivity index (χ1v) is 6.14. The van der Waals surface area contributed by atoms with Crippen molar-refractivity contribution in [3.05, 3.63) is 0 Å². The van der Waals surface area contributed by atoms with Gasteiger partial charge in [0.15, 0.2) is 0 Å². The predicted octanol–water partition coefficient (Wildman–Crippen LogP) is 1.03. The lowest BCUT2D eigenvalue weighted by atomic mass is 9.95. The summed E-state index contributed by atoms with van der Waals surface area (Å²) in [4.78, 5) is 13.6. The molecule has 1 heterocycles. The highest BCUT2D eigenvalue weighted by Crippen LogP contribution is 2.18. The van der Waals surface area contributed by atoms with Gasteiger partial charge in [-0.3, -0.25) is 9.69 Å². The molecular formula is C12H23NO3. The van der Waals surface area contributed by atoms with E-state index in [-0.39, 0.29) is 18.7 Å². The van der Waals surface area contributed by atoms with Gasteiger partial charge in [-0.15, -0.1) is 0 Å². The first kappa shape index (κ1) is 13.5. The Morgan fingerprint density at radius 2 is 2.31 bits per heavy atom. The Kier molecular flexibility index (Phi) is 5.77. The Morgan fingerprint density at radius 3 is 2.94 bits per heavy atom. The SMILES string of the molecule is CC(C)OC(=O)CN1CCCC(CCO)C1. The molecule has 16 heavy (non-hydrogen) atoms. The van der Waals surface area contributed by atoms with Gasteiger partial charge in [-0.25, -0.2) is 0 Å². The smallest absolute Gasteiger partial charge is 0.320 e. The summed E-state index contributed by atoms with van der Waals surface area (Å²) in [5.74, 6) is 0.394. The van der Waals surface area contributed by atoms with Crippen LogP contribution >= 0.6 is 0 Å². The van der Waals surface area contributed by atoms with E-state index >= 15 is 0 Å². The van der Waals surface area contributed by atoms with Gasteiger partial charge in [0.05, 0.1) is 12.6 Å². The third-order valence-corrected chi connectivity index (χ3v) is 2.86. The van der Waals surface area contributed by atoms with Crippen LogP contribution in [0.5, 0.6) is 0 Å². The van der Waals surface area contributed by atoms with Gasteiger partial charge in [0.25, 0.3) is 0 Å². The summed E-state index contributed by atoms with van der Waals surface area (Å²) in [5, 5.41) is 8.90. The van der Waals surface area contributed by atoms with Gasteiger partial charge in [-0.2, -0.15) is 0 Å². The molecule has 1 N–H and O–H groups in total. The highest BCUT2D eigenvalue weighted by molar-refractivity contribution is 5.71. The van der Waals surface area contributed by atoms with Crippen LogP contribution in [-0.4, -0.2) is 48.3 Å². The summed E-state index contributed by atoms with van der Waals surface area (Å²) in [7, 11) is 0. The number of carbonyl (C=O) groups excluding carboxylic acids is 1. The van der Waals surface area contributed by atoms with Crippen LogP contribution in [-0.2, 0) is 9.53 Å². The number of esters is 1. The lowest BCUT2D eigenvalue weighted by Gasteiger charge is -2.31. The Bertz CT molecular complexity index is 216. The molecule has 0 saturated carbocycles. The number of nitrogens with zero attached hydrogens (tertiary/aromatic N) is 1. The minimum absolute atomic E-state index is 0.0365. The van der Waals surface area contributed by atoms with E-state index in [0.29, 0.717) is 12.5 Å². The molecule has 0 aliphatic carbocycles. The van der Waals surface area contributed by atoms with Gasteiger partial charge in [0, 0.05) is 13.2 Å². The third kappa shape index (κ3) is 4.94. The Morgan fingerprint density at radius 1 is 1.56 bits per heavy atom. The van der Waals surface area contributed by atoms with Crippen molar-refractivity contribution in [3.63, 3.8) is 0 Å². The van der Waals surface area contributed by atoms with Crippen LogP contribution in [0.1, 0.15) is 33.1 Å². The molecule has 1 atom stereocenters. The normalized spacial score (nSPS) is 22.4. The van der Waals surface area contributed by atoms with Crippen LogP contribution in [0, 0.1) is 5.92 Å². The fraction of sp³-hybridized carbons (Fsp3) is 0.917. The lowest BCUT2D eigenvalue weighted by molar-refractivity contribution is -0.149. The third-order valence-electron chi connectivity index (χ3n) is 2.86. The fourth-order valence-corrected chi connectivity index (χ4v) is 2.20. The first-order valence-electron chi connectivity index (χ1n) is 6.14. The quantitative estimate of drug-likeness (QED) is 0.715. The number of piperidine rings is 1.